The third-order valence-corrected chi connectivity index (χ3v) is 2.76. The van der Waals surface area contributed by atoms with E-state index in [1.807, 2.05) is 6.92 Å². The largest absolute Gasteiger partial charge is 0.380 e. The summed E-state index contributed by atoms with van der Waals surface area (Å²) in [5.74, 6) is 0.0216. The Balaban J connectivity index is 3.76. The molecule has 0 saturated carbocycles. The predicted molar refractivity (Wildman–Crippen MR) is 66.5 cm³/mol. The van der Waals surface area contributed by atoms with Crippen LogP contribution >= 0.6 is 0 Å². The second kappa shape index (κ2) is 9.60. The van der Waals surface area contributed by atoms with Gasteiger partial charge in [-0.15, -0.1) is 0 Å². The van der Waals surface area contributed by atoms with Crippen molar-refractivity contribution in [2.45, 2.75) is 51.7 Å². The van der Waals surface area contributed by atoms with E-state index >= 15 is 0 Å². The van der Waals surface area contributed by atoms with Gasteiger partial charge in [-0.25, -0.2) is 0 Å². The molecule has 0 saturated heterocycles. The zero-order chi connectivity index (χ0) is 12.4. The molecule has 1 unspecified atom stereocenters. The highest BCUT2D eigenvalue weighted by Crippen LogP contribution is 1.99. The minimum atomic E-state index is -0.267. The molecule has 1 amide bonds. The van der Waals surface area contributed by atoms with E-state index in [9.17, 15) is 4.79 Å². The van der Waals surface area contributed by atoms with Gasteiger partial charge in [-0.05, 0) is 20.4 Å². The second-order valence-electron chi connectivity index (χ2n) is 4.06. The summed E-state index contributed by atoms with van der Waals surface area (Å²) in [5, 5.41) is 5.89. The van der Waals surface area contributed by atoms with Gasteiger partial charge in [0.15, 0.2) is 0 Å². The van der Waals surface area contributed by atoms with Gasteiger partial charge in [0.2, 0.25) is 5.91 Å². The van der Waals surface area contributed by atoms with Crippen molar-refractivity contribution >= 4 is 5.91 Å². The summed E-state index contributed by atoms with van der Waals surface area (Å²) in [7, 11) is 3.39. The van der Waals surface area contributed by atoms with E-state index in [0.717, 1.165) is 13.0 Å². The number of nitrogens with one attached hydrogen (secondary N) is 2. The van der Waals surface area contributed by atoms with Gasteiger partial charge in [0.1, 0.15) is 6.04 Å². The molecule has 0 bridgehead atoms. The first kappa shape index (κ1) is 15.4. The van der Waals surface area contributed by atoms with E-state index in [-0.39, 0.29) is 18.1 Å². The number of likely N-dealkylation sites (N-methyl/N-ethyl adjacent to an activating group) is 1. The minimum Gasteiger partial charge on any atom is -0.380 e. The van der Waals surface area contributed by atoms with Crippen LogP contribution in [-0.2, 0) is 9.53 Å². The molecule has 0 aliphatic heterocycles. The molecule has 0 heterocycles. The van der Waals surface area contributed by atoms with Crippen LogP contribution < -0.4 is 10.6 Å². The number of unbranched alkanes of at least 4 members (excludes halogenated alkanes) is 3. The van der Waals surface area contributed by atoms with Crippen LogP contribution in [0.4, 0.5) is 0 Å². The van der Waals surface area contributed by atoms with Gasteiger partial charge in [0.25, 0.3) is 0 Å². The summed E-state index contributed by atoms with van der Waals surface area (Å²) in [6.07, 6.45) is 4.58. The topological polar surface area (TPSA) is 50.4 Å². The Morgan fingerprint density at radius 1 is 1.31 bits per heavy atom. The maximum absolute atomic E-state index is 11.8. The second-order valence-corrected chi connectivity index (χ2v) is 4.06. The van der Waals surface area contributed by atoms with Crippen molar-refractivity contribution < 1.29 is 9.53 Å². The van der Waals surface area contributed by atoms with E-state index in [4.69, 9.17) is 4.74 Å². The number of carbonyl (C=O) groups excluding carboxylic acids is 1. The number of carbonyl (C=O) groups is 1. The maximum atomic E-state index is 11.8. The lowest BCUT2D eigenvalue weighted by atomic mass is 10.1. The first-order valence-electron chi connectivity index (χ1n) is 6.15. The molecule has 2 N–H and O–H groups in total. The standard InChI is InChI=1S/C12H26N2O2/c1-5-6-7-8-9-14-12(15)11(13-3)10(2)16-4/h10-11,13H,5-9H2,1-4H3,(H,14,15)/t10-,11?/m1/s1. The molecule has 16 heavy (non-hydrogen) atoms. The van der Waals surface area contributed by atoms with E-state index in [1.165, 1.54) is 19.3 Å². The lowest BCUT2D eigenvalue weighted by Gasteiger charge is -2.21. The lowest BCUT2D eigenvalue weighted by molar-refractivity contribution is -0.126. The maximum Gasteiger partial charge on any atom is 0.239 e. The van der Waals surface area contributed by atoms with Crippen molar-refractivity contribution in [3.8, 4) is 0 Å². The zero-order valence-corrected chi connectivity index (χ0v) is 11.0. The van der Waals surface area contributed by atoms with Gasteiger partial charge in [0.05, 0.1) is 6.10 Å². The lowest BCUT2D eigenvalue weighted by Crippen LogP contribution is -2.49. The van der Waals surface area contributed by atoms with Crippen LogP contribution in [0, 0.1) is 0 Å². The van der Waals surface area contributed by atoms with E-state index in [2.05, 4.69) is 17.6 Å². The van der Waals surface area contributed by atoms with Gasteiger partial charge in [-0.3, -0.25) is 4.79 Å². The third-order valence-electron chi connectivity index (χ3n) is 2.76. The van der Waals surface area contributed by atoms with Gasteiger partial charge < -0.3 is 15.4 Å². The van der Waals surface area contributed by atoms with Crippen LogP contribution in [-0.4, -0.2) is 38.8 Å². The molecule has 0 aliphatic carbocycles. The van der Waals surface area contributed by atoms with E-state index < -0.39 is 0 Å². The molecule has 0 aromatic rings. The molecule has 0 aromatic heterocycles. The van der Waals surface area contributed by atoms with Crippen molar-refractivity contribution in [1.29, 1.82) is 0 Å². The van der Waals surface area contributed by atoms with Crippen LogP contribution in [0.1, 0.15) is 39.5 Å². The van der Waals surface area contributed by atoms with Crippen LogP contribution in [0.2, 0.25) is 0 Å². The Hall–Kier alpha value is -0.610. The fourth-order valence-corrected chi connectivity index (χ4v) is 1.59. The van der Waals surface area contributed by atoms with E-state index in [1.54, 1.807) is 14.2 Å². The third kappa shape index (κ3) is 6.08. The van der Waals surface area contributed by atoms with Crippen molar-refractivity contribution in [3.05, 3.63) is 0 Å². The number of ether oxygens (including phenoxy) is 1. The quantitative estimate of drug-likeness (QED) is 0.587. The summed E-state index contributed by atoms with van der Waals surface area (Å²) in [4.78, 5) is 11.8. The molecule has 4 heteroatoms. The van der Waals surface area contributed by atoms with Crippen LogP contribution in [0.3, 0.4) is 0 Å². The molecule has 0 rings (SSSR count). The summed E-state index contributed by atoms with van der Waals surface area (Å²) in [6, 6.07) is -0.267. The van der Waals surface area contributed by atoms with Crippen molar-refractivity contribution in [1.82, 2.24) is 10.6 Å². The molecule has 96 valence electrons. The fourth-order valence-electron chi connectivity index (χ4n) is 1.59. The molecule has 0 radical (unpaired) electrons. The normalized spacial score (nSPS) is 14.5. The Morgan fingerprint density at radius 3 is 2.50 bits per heavy atom. The Kier molecular flexibility index (Phi) is 9.24. The number of amides is 1. The molecular formula is C12H26N2O2. The number of hydrogen-bond acceptors (Lipinski definition) is 3. The molecule has 0 spiro atoms. The summed E-state index contributed by atoms with van der Waals surface area (Å²) in [6.45, 7) is 4.82. The number of methoxy groups -OCH3 is 1. The Labute approximate surface area is 99.1 Å². The highest BCUT2D eigenvalue weighted by atomic mass is 16.5. The summed E-state index contributed by atoms with van der Waals surface area (Å²) < 4.78 is 5.15. The van der Waals surface area contributed by atoms with E-state index in [0.29, 0.717) is 0 Å². The Morgan fingerprint density at radius 2 is 2.00 bits per heavy atom. The monoisotopic (exact) mass is 230 g/mol. The molecule has 0 aliphatic rings. The van der Waals surface area contributed by atoms with Gasteiger partial charge >= 0.3 is 0 Å². The number of rotatable bonds is 9. The average Bonchev–Trinajstić information content (AvgIpc) is 2.29. The number of hydrogen-bond donors (Lipinski definition) is 2. The average molecular weight is 230 g/mol. The Bertz CT molecular complexity index is 186. The molecular weight excluding hydrogens is 204 g/mol. The first-order valence-corrected chi connectivity index (χ1v) is 6.15. The molecule has 0 aromatic carbocycles. The predicted octanol–water partition coefficient (Wildman–Crippen LogP) is 1.31. The van der Waals surface area contributed by atoms with Crippen LogP contribution in [0.15, 0.2) is 0 Å². The van der Waals surface area contributed by atoms with Gasteiger partial charge in [-0.1, -0.05) is 26.2 Å². The van der Waals surface area contributed by atoms with Gasteiger partial charge in [-0.2, -0.15) is 0 Å². The van der Waals surface area contributed by atoms with Crippen molar-refractivity contribution in [2.24, 2.45) is 0 Å². The highest BCUT2D eigenvalue weighted by molar-refractivity contribution is 5.82. The van der Waals surface area contributed by atoms with Crippen LogP contribution in [0.5, 0.6) is 0 Å². The smallest absolute Gasteiger partial charge is 0.239 e. The van der Waals surface area contributed by atoms with Crippen LogP contribution in [0.25, 0.3) is 0 Å². The fraction of sp³-hybridized carbons (Fsp3) is 0.917. The van der Waals surface area contributed by atoms with Gasteiger partial charge in [0, 0.05) is 13.7 Å². The first-order chi connectivity index (χ1) is 7.67. The summed E-state index contributed by atoms with van der Waals surface area (Å²) in [5.41, 5.74) is 0. The molecule has 0 fully saturated rings. The highest BCUT2D eigenvalue weighted by Gasteiger charge is 2.22. The minimum absolute atomic E-state index is 0.0216. The molecule has 2 atom stereocenters. The van der Waals surface area contributed by atoms with Crippen molar-refractivity contribution in [2.75, 3.05) is 20.7 Å². The summed E-state index contributed by atoms with van der Waals surface area (Å²) >= 11 is 0. The zero-order valence-electron chi connectivity index (χ0n) is 11.0. The molecule has 4 nitrogen and oxygen atoms in total. The van der Waals surface area contributed by atoms with Crippen molar-refractivity contribution in [3.63, 3.8) is 0 Å². The SMILES string of the molecule is CCCCCCNC(=O)C(NC)[C@@H](C)OC.